The van der Waals surface area contributed by atoms with Gasteiger partial charge in [0.05, 0.1) is 11.7 Å². The fourth-order valence-electron chi connectivity index (χ4n) is 2.47. The standard InChI is InChI=1S/C15H15ClN2O2/c16-5-4-11(19)8-17-10-6-9-2-1-3-13-14(9)12(7-10)15(20)18-13/h1-3,6-7,11,17,19H,4-5,8H2,(H,18,20)/t11-/m0/s1. The van der Waals surface area contributed by atoms with Crippen LogP contribution in [-0.4, -0.2) is 29.5 Å². The van der Waals surface area contributed by atoms with Crippen molar-refractivity contribution in [1.82, 2.24) is 0 Å². The molecule has 0 saturated carbocycles. The Kier molecular flexibility index (Phi) is 3.51. The molecule has 2 aromatic rings. The molecule has 1 heterocycles. The number of aliphatic hydroxyl groups excluding tert-OH is 1. The highest BCUT2D eigenvalue weighted by atomic mass is 35.5. The van der Waals surface area contributed by atoms with Gasteiger partial charge in [-0.3, -0.25) is 4.79 Å². The molecule has 0 unspecified atom stereocenters. The number of alkyl halides is 1. The lowest BCUT2D eigenvalue weighted by Crippen LogP contribution is -2.19. The third-order valence-electron chi connectivity index (χ3n) is 3.45. The molecule has 1 atom stereocenters. The molecule has 1 aliphatic heterocycles. The van der Waals surface area contributed by atoms with Crippen LogP contribution in [0.3, 0.4) is 0 Å². The lowest BCUT2D eigenvalue weighted by atomic mass is 10.0. The van der Waals surface area contributed by atoms with E-state index in [0.29, 0.717) is 24.4 Å². The molecule has 0 aliphatic carbocycles. The van der Waals surface area contributed by atoms with Gasteiger partial charge in [-0.25, -0.2) is 0 Å². The average molecular weight is 291 g/mol. The molecule has 0 spiro atoms. The first kappa shape index (κ1) is 13.2. The average Bonchev–Trinajstić information content (AvgIpc) is 2.75. The van der Waals surface area contributed by atoms with Crippen molar-refractivity contribution in [3.05, 3.63) is 35.9 Å². The smallest absolute Gasteiger partial charge is 0.256 e. The molecule has 0 fully saturated rings. The van der Waals surface area contributed by atoms with Gasteiger partial charge in [0.2, 0.25) is 0 Å². The lowest BCUT2D eigenvalue weighted by Gasteiger charge is -2.12. The predicted molar refractivity (Wildman–Crippen MR) is 81.7 cm³/mol. The molecule has 20 heavy (non-hydrogen) atoms. The Labute approximate surface area is 121 Å². The Morgan fingerprint density at radius 2 is 2.20 bits per heavy atom. The van der Waals surface area contributed by atoms with Crippen LogP contribution in [0.5, 0.6) is 0 Å². The summed E-state index contributed by atoms with van der Waals surface area (Å²) < 4.78 is 0. The van der Waals surface area contributed by atoms with Gasteiger partial charge in [-0.05, 0) is 30.0 Å². The molecule has 2 aromatic carbocycles. The lowest BCUT2D eigenvalue weighted by molar-refractivity contribution is 0.103. The predicted octanol–water partition coefficient (Wildman–Crippen LogP) is 2.81. The molecular weight excluding hydrogens is 276 g/mol. The molecule has 0 aromatic heterocycles. The van der Waals surface area contributed by atoms with Gasteiger partial charge in [0.15, 0.2) is 0 Å². The number of benzene rings is 2. The zero-order valence-electron chi connectivity index (χ0n) is 10.8. The van der Waals surface area contributed by atoms with Crippen LogP contribution < -0.4 is 10.6 Å². The van der Waals surface area contributed by atoms with Crippen molar-refractivity contribution in [2.24, 2.45) is 0 Å². The summed E-state index contributed by atoms with van der Waals surface area (Å²) >= 11 is 5.59. The fraction of sp³-hybridized carbons (Fsp3) is 0.267. The van der Waals surface area contributed by atoms with Gasteiger partial charge in [0.1, 0.15) is 0 Å². The highest BCUT2D eigenvalue weighted by Crippen LogP contribution is 2.35. The minimum atomic E-state index is -0.489. The Morgan fingerprint density at radius 3 is 3.00 bits per heavy atom. The van der Waals surface area contributed by atoms with E-state index in [9.17, 15) is 9.90 Å². The number of rotatable bonds is 5. The van der Waals surface area contributed by atoms with E-state index in [1.807, 2.05) is 30.3 Å². The Hall–Kier alpha value is -1.78. The molecular formula is C15H15ClN2O2. The van der Waals surface area contributed by atoms with Crippen molar-refractivity contribution in [2.75, 3.05) is 23.1 Å². The minimum Gasteiger partial charge on any atom is -0.391 e. The van der Waals surface area contributed by atoms with Crippen molar-refractivity contribution in [1.29, 1.82) is 0 Å². The summed E-state index contributed by atoms with van der Waals surface area (Å²) in [5.41, 5.74) is 2.36. The summed E-state index contributed by atoms with van der Waals surface area (Å²) in [6.45, 7) is 0.416. The highest BCUT2D eigenvalue weighted by molar-refractivity contribution is 6.24. The summed E-state index contributed by atoms with van der Waals surface area (Å²) in [7, 11) is 0. The Balaban J connectivity index is 1.90. The number of halogens is 1. The first-order chi connectivity index (χ1) is 9.69. The second kappa shape index (κ2) is 5.31. The number of hydrogen-bond donors (Lipinski definition) is 3. The van der Waals surface area contributed by atoms with E-state index in [2.05, 4.69) is 10.6 Å². The normalized spacial score (nSPS) is 14.4. The SMILES string of the molecule is O=C1Nc2cccc3cc(NC[C@@H](O)CCCl)cc1c23. The van der Waals surface area contributed by atoms with Gasteiger partial charge in [-0.1, -0.05) is 12.1 Å². The van der Waals surface area contributed by atoms with Crippen LogP contribution >= 0.6 is 11.6 Å². The van der Waals surface area contributed by atoms with Gasteiger partial charge >= 0.3 is 0 Å². The maximum atomic E-state index is 11.9. The topological polar surface area (TPSA) is 61.4 Å². The fourth-order valence-corrected chi connectivity index (χ4v) is 2.72. The maximum Gasteiger partial charge on any atom is 0.256 e. The summed E-state index contributed by atoms with van der Waals surface area (Å²) in [5.74, 6) is 0.346. The number of hydrogen-bond acceptors (Lipinski definition) is 3. The molecule has 3 rings (SSSR count). The zero-order valence-corrected chi connectivity index (χ0v) is 11.6. The third-order valence-corrected chi connectivity index (χ3v) is 3.67. The van der Waals surface area contributed by atoms with Crippen molar-refractivity contribution >= 4 is 39.7 Å². The Morgan fingerprint density at radius 1 is 1.35 bits per heavy atom. The van der Waals surface area contributed by atoms with Crippen LogP contribution in [0.2, 0.25) is 0 Å². The number of carbonyl (C=O) groups excluding carboxylic acids is 1. The van der Waals surface area contributed by atoms with Crippen LogP contribution in [0.15, 0.2) is 30.3 Å². The monoisotopic (exact) mass is 290 g/mol. The third kappa shape index (κ3) is 2.32. The molecule has 5 heteroatoms. The molecule has 1 aliphatic rings. The summed E-state index contributed by atoms with van der Waals surface area (Å²) in [5, 5.41) is 17.7. The molecule has 0 saturated heterocycles. The maximum absolute atomic E-state index is 11.9. The number of nitrogens with one attached hydrogen (secondary N) is 2. The van der Waals surface area contributed by atoms with E-state index < -0.39 is 6.10 Å². The van der Waals surface area contributed by atoms with E-state index in [4.69, 9.17) is 11.6 Å². The van der Waals surface area contributed by atoms with Crippen LogP contribution in [0, 0.1) is 0 Å². The van der Waals surface area contributed by atoms with Gasteiger partial charge in [0, 0.05) is 29.2 Å². The summed E-state index contributed by atoms with van der Waals surface area (Å²) in [6, 6.07) is 9.59. The minimum absolute atomic E-state index is 0.0823. The first-order valence-electron chi connectivity index (χ1n) is 6.55. The first-order valence-corrected chi connectivity index (χ1v) is 7.08. The molecule has 4 nitrogen and oxygen atoms in total. The van der Waals surface area contributed by atoms with E-state index in [1.165, 1.54) is 0 Å². The van der Waals surface area contributed by atoms with Crippen LogP contribution in [0.4, 0.5) is 11.4 Å². The Bertz CT molecular complexity index is 672. The van der Waals surface area contributed by atoms with Gasteiger partial charge in [-0.15, -0.1) is 11.6 Å². The zero-order chi connectivity index (χ0) is 14.1. The van der Waals surface area contributed by atoms with Crippen molar-refractivity contribution in [2.45, 2.75) is 12.5 Å². The van der Waals surface area contributed by atoms with Crippen molar-refractivity contribution in [3.63, 3.8) is 0 Å². The molecule has 1 amide bonds. The number of amides is 1. The van der Waals surface area contributed by atoms with Crippen LogP contribution in [0.25, 0.3) is 10.8 Å². The number of aliphatic hydroxyl groups is 1. The quantitative estimate of drug-likeness (QED) is 0.742. The van der Waals surface area contributed by atoms with E-state index in [1.54, 1.807) is 0 Å². The number of carbonyl (C=O) groups is 1. The van der Waals surface area contributed by atoms with Gasteiger partial charge < -0.3 is 15.7 Å². The largest absolute Gasteiger partial charge is 0.391 e. The summed E-state index contributed by atoms with van der Waals surface area (Å²) in [4.78, 5) is 11.9. The van der Waals surface area contributed by atoms with Crippen LogP contribution in [-0.2, 0) is 0 Å². The molecule has 3 N–H and O–H groups in total. The molecule has 0 radical (unpaired) electrons. The summed E-state index contributed by atoms with van der Waals surface area (Å²) in [6.07, 6.45) is 0.0523. The molecule has 0 bridgehead atoms. The van der Waals surface area contributed by atoms with E-state index in [-0.39, 0.29) is 5.91 Å². The molecule has 104 valence electrons. The van der Waals surface area contributed by atoms with Gasteiger partial charge in [-0.2, -0.15) is 0 Å². The van der Waals surface area contributed by atoms with Gasteiger partial charge in [0.25, 0.3) is 5.91 Å². The van der Waals surface area contributed by atoms with E-state index >= 15 is 0 Å². The van der Waals surface area contributed by atoms with Crippen molar-refractivity contribution in [3.8, 4) is 0 Å². The number of anilines is 2. The second-order valence-corrected chi connectivity index (χ2v) is 5.27. The second-order valence-electron chi connectivity index (χ2n) is 4.89. The van der Waals surface area contributed by atoms with E-state index in [0.717, 1.165) is 22.1 Å². The van der Waals surface area contributed by atoms with Crippen LogP contribution in [0.1, 0.15) is 16.8 Å². The highest BCUT2D eigenvalue weighted by Gasteiger charge is 2.21. The van der Waals surface area contributed by atoms with Crippen molar-refractivity contribution < 1.29 is 9.90 Å².